The molecular weight excluding hydrogens is 194 g/mol. The molecule has 0 fully saturated rings. The van der Waals surface area contributed by atoms with Crippen LogP contribution in [0.4, 0.5) is 6.01 Å². The number of nitrogens with zero attached hydrogens (tertiary/aromatic N) is 2. The van der Waals surface area contributed by atoms with E-state index in [2.05, 4.69) is 15.5 Å². The zero-order valence-electron chi connectivity index (χ0n) is 8.05. The number of nitrogens with one attached hydrogen (secondary N) is 1. The standard InChI is InChI=1S/C10H11N3O2/c14-7-6-11-10-12-9(13-15-10)8-4-2-1-3-5-8/h1-5,14H,6-7H2,(H,11,12,13). The average molecular weight is 205 g/mol. The van der Waals surface area contributed by atoms with Crippen LogP contribution in [0.1, 0.15) is 0 Å². The summed E-state index contributed by atoms with van der Waals surface area (Å²) >= 11 is 0. The van der Waals surface area contributed by atoms with Crippen LogP contribution >= 0.6 is 0 Å². The second-order valence-electron chi connectivity index (χ2n) is 2.94. The van der Waals surface area contributed by atoms with E-state index in [1.807, 2.05) is 30.3 Å². The Morgan fingerprint density at radius 2 is 2.07 bits per heavy atom. The maximum Gasteiger partial charge on any atom is 0.321 e. The van der Waals surface area contributed by atoms with Crippen LogP contribution in [0.15, 0.2) is 34.9 Å². The Hall–Kier alpha value is -1.88. The first-order chi connectivity index (χ1) is 7.40. The molecule has 0 saturated carbocycles. The summed E-state index contributed by atoms with van der Waals surface area (Å²) in [5.74, 6) is 0.538. The maximum atomic E-state index is 8.60. The lowest BCUT2D eigenvalue weighted by molar-refractivity contribution is 0.308. The molecule has 0 radical (unpaired) electrons. The number of aromatic nitrogens is 2. The highest BCUT2D eigenvalue weighted by Gasteiger charge is 2.06. The zero-order valence-corrected chi connectivity index (χ0v) is 8.05. The van der Waals surface area contributed by atoms with Gasteiger partial charge in [0.25, 0.3) is 0 Å². The molecule has 1 aromatic carbocycles. The molecule has 0 saturated heterocycles. The summed E-state index contributed by atoms with van der Waals surface area (Å²) in [4.78, 5) is 4.12. The molecule has 0 aliphatic heterocycles. The number of benzene rings is 1. The smallest absolute Gasteiger partial charge is 0.321 e. The second-order valence-corrected chi connectivity index (χ2v) is 2.94. The van der Waals surface area contributed by atoms with Crippen molar-refractivity contribution in [2.45, 2.75) is 0 Å². The van der Waals surface area contributed by atoms with E-state index in [-0.39, 0.29) is 6.61 Å². The van der Waals surface area contributed by atoms with Gasteiger partial charge in [0.05, 0.1) is 6.61 Å². The molecule has 1 aromatic heterocycles. The first-order valence-corrected chi connectivity index (χ1v) is 4.64. The number of hydrogen-bond donors (Lipinski definition) is 2. The molecule has 2 rings (SSSR count). The van der Waals surface area contributed by atoms with Gasteiger partial charge in [0.15, 0.2) is 0 Å². The van der Waals surface area contributed by atoms with Gasteiger partial charge < -0.3 is 14.9 Å². The molecule has 0 aliphatic carbocycles. The minimum absolute atomic E-state index is 0.0308. The van der Waals surface area contributed by atoms with Crippen molar-refractivity contribution < 1.29 is 9.63 Å². The minimum Gasteiger partial charge on any atom is -0.395 e. The maximum absolute atomic E-state index is 8.60. The van der Waals surface area contributed by atoms with Crippen molar-refractivity contribution >= 4 is 6.01 Å². The summed E-state index contributed by atoms with van der Waals surface area (Å²) in [6.07, 6.45) is 0. The summed E-state index contributed by atoms with van der Waals surface area (Å²) in [6.45, 7) is 0.430. The Bertz CT molecular complexity index is 414. The third-order valence-corrected chi connectivity index (χ3v) is 1.85. The van der Waals surface area contributed by atoms with Crippen molar-refractivity contribution in [1.29, 1.82) is 0 Å². The summed E-state index contributed by atoms with van der Waals surface area (Å²) in [5.41, 5.74) is 0.901. The molecule has 5 nitrogen and oxygen atoms in total. The van der Waals surface area contributed by atoms with Gasteiger partial charge in [-0.25, -0.2) is 0 Å². The molecule has 0 spiro atoms. The number of anilines is 1. The first kappa shape index (κ1) is 9.67. The van der Waals surface area contributed by atoms with E-state index in [9.17, 15) is 0 Å². The van der Waals surface area contributed by atoms with Gasteiger partial charge in [-0.2, -0.15) is 4.98 Å². The molecule has 0 unspecified atom stereocenters. The van der Waals surface area contributed by atoms with Crippen LogP contribution in [0.2, 0.25) is 0 Å². The highest BCUT2D eigenvalue weighted by Crippen LogP contribution is 2.16. The fraction of sp³-hybridized carbons (Fsp3) is 0.200. The quantitative estimate of drug-likeness (QED) is 0.783. The zero-order chi connectivity index (χ0) is 10.5. The lowest BCUT2D eigenvalue weighted by atomic mass is 10.2. The molecule has 1 heterocycles. The molecule has 78 valence electrons. The monoisotopic (exact) mass is 205 g/mol. The van der Waals surface area contributed by atoms with Crippen molar-refractivity contribution in [3.8, 4) is 11.4 Å². The lowest BCUT2D eigenvalue weighted by Gasteiger charge is -1.93. The van der Waals surface area contributed by atoms with Crippen LogP contribution < -0.4 is 5.32 Å². The Morgan fingerprint density at radius 3 is 2.80 bits per heavy atom. The number of aliphatic hydroxyl groups is 1. The van der Waals surface area contributed by atoms with Crippen molar-refractivity contribution in [2.24, 2.45) is 0 Å². The largest absolute Gasteiger partial charge is 0.395 e. The second kappa shape index (κ2) is 4.56. The topological polar surface area (TPSA) is 71.2 Å². The van der Waals surface area contributed by atoms with E-state index in [0.29, 0.717) is 18.4 Å². The Kier molecular flexibility index (Phi) is 2.94. The summed E-state index contributed by atoms with van der Waals surface area (Å²) < 4.78 is 4.94. The number of aliphatic hydroxyl groups excluding tert-OH is 1. The Labute approximate surface area is 86.7 Å². The fourth-order valence-electron chi connectivity index (χ4n) is 1.16. The normalized spacial score (nSPS) is 10.2. The van der Waals surface area contributed by atoms with Gasteiger partial charge in [-0.1, -0.05) is 35.5 Å². The van der Waals surface area contributed by atoms with E-state index < -0.39 is 0 Å². The van der Waals surface area contributed by atoms with Crippen molar-refractivity contribution in [1.82, 2.24) is 10.1 Å². The van der Waals surface area contributed by atoms with E-state index in [1.54, 1.807) is 0 Å². The van der Waals surface area contributed by atoms with E-state index >= 15 is 0 Å². The van der Waals surface area contributed by atoms with Crippen LogP contribution in [0, 0.1) is 0 Å². The molecular formula is C10H11N3O2. The first-order valence-electron chi connectivity index (χ1n) is 4.64. The van der Waals surface area contributed by atoms with Gasteiger partial charge >= 0.3 is 6.01 Å². The summed E-state index contributed by atoms with van der Waals surface area (Å²) in [7, 11) is 0. The van der Waals surface area contributed by atoms with Crippen molar-refractivity contribution in [3.63, 3.8) is 0 Å². The third-order valence-electron chi connectivity index (χ3n) is 1.85. The predicted octanol–water partition coefficient (Wildman–Crippen LogP) is 1.14. The van der Waals surface area contributed by atoms with Gasteiger partial charge in [-0.15, -0.1) is 0 Å². The van der Waals surface area contributed by atoms with Gasteiger partial charge in [-0.05, 0) is 0 Å². The molecule has 0 atom stereocenters. The third kappa shape index (κ3) is 2.32. The summed E-state index contributed by atoms with van der Waals surface area (Å²) in [5, 5.41) is 15.2. The van der Waals surface area contributed by atoms with E-state index in [0.717, 1.165) is 5.56 Å². The number of hydrogen-bond acceptors (Lipinski definition) is 5. The molecule has 0 amide bonds. The minimum atomic E-state index is 0.0308. The molecule has 0 bridgehead atoms. The molecule has 0 aliphatic rings. The van der Waals surface area contributed by atoms with Gasteiger partial charge in [-0.3, -0.25) is 0 Å². The van der Waals surface area contributed by atoms with E-state index in [1.165, 1.54) is 0 Å². The highest BCUT2D eigenvalue weighted by atomic mass is 16.5. The van der Waals surface area contributed by atoms with Gasteiger partial charge in [0.1, 0.15) is 0 Å². The van der Waals surface area contributed by atoms with Crippen LogP contribution in [0.5, 0.6) is 0 Å². The molecule has 15 heavy (non-hydrogen) atoms. The SMILES string of the molecule is OCCNc1nc(-c2ccccc2)no1. The lowest BCUT2D eigenvalue weighted by Crippen LogP contribution is -2.05. The Morgan fingerprint density at radius 1 is 1.27 bits per heavy atom. The Balaban J connectivity index is 2.14. The van der Waals surface area contributed by atoms with Crippen molar-refractivity contribution in [3.05, 3.63) is 30.3 Å². The highest BCUT2D eigenvalue weighted by molar-refractivity contribution is 5.54. The van der Waals surface area contributed by atoms with Gasteiger partial charge in [0, 0.05) is 12.1 Å². The fourth-order valence-corrected chi connectivity index (χ4v) is 1.16. The molecule has 5 heteroatoms. The molecule has 2 N–H and O–H groups in total. The van der Waals surface area contributed by atoms with Crippen molar-refractivity contribution in [2.75, 3.05) is 18.5 Å². The molecule has 2 aromatic rings. The van der Waals surface area contributed by atoms with Gasteiger partial charge in [0.2, 0.25) is 5.82 Å². The average Bonchev–Trinajstić information content (AvgIpc) is 2.76. The van der Waals surface area contributed by atoms with Crippen LogP contribution in [-0.2, 0) is 0 Å². The predicted molar refractivity (Wildman–Crippen MR) is 55.3 cm³/mol. The summed E-state index contributed by atoms with van der Waals surface area (Å²) in [6, 6.07) is 9.87. The van der Waals surface area contributed by atoms with Crippen LogP contribution in [0.25, 0.3) is 11.4 Å². The number of rotatable bonds is 4. The van der Waals surface area contributed by atoms with E-state index in [4.69, 9.17) is 9.63 Å². The van der Waals surface area contributed by atoms with Crippen LogP contribution in [-0.4, -0.2) is 28.4 Å². The van der Waals surface area contributed by atoms with Crippen LogP contribution in [0.3, 0.4) is 0 Å².